The van der Waals surface area contributed by atoms with Crippen LogP contribution in [0.4, 0.5) is 5.69 Å². The number of hydrogen-bond donors (Lipinski definition) is 2. The van der Waals surface area contributed by atoms with Crippen LogP contribution in [0.3, 0.4) is 0 Å². The van der Waals surface area contributed by atoms with Gasteiger partial charge in [-0.1, -0.05) is 41.9 Å². The number of aromatic carboxylic acids is 1. The van der Waals surface area contributed by atoms with Crippen molar-refractivity contribution < 1.29 is 24.3 Å². The molecule has 7 nitrogen and oxygen atoms in total. The molecule has 1 aliphatic rings. The van der Waals surface area contributed by atoms with Gasteiger partial charge in [-0.3, -0.25) is 19.3 Å². The predicted molar refractivity (Wildman–Crippen MR) is 113 cm³/mol. The van der Waals surface area contributed by atoms with Crippen molar-refractivity contribution in [2.24, 2.45) is 0 Å². The number of hydrogen-bond acceptors (Lipinski definition) is 4. The zero-order valence-electron chi connectivity index (χ0n) is 16.0. The molecule has 0 radical (unpaired) electrons. The summed E-state index contributed by atoms with van der Waals surface area (Å²) in [5.41, 5.74) is 1.15. The summed E-state index contributed by atoms with van der Waals surface area (Å²) < 4.78 is 0. The molecule has 0 saturated heterocycles. The number of rotatable bonds is 5. The highest BCUT2D eigenvalue weighted by Crippen LogP contribution is 2.27. The molecule has 3 aromatic carbocycles. The zero-order chi connectivity index (χ0) is 22.1. The molecule has 0 saturated carbocycles. The second kappa shape index (κ2) is 8.04. The summed E-state index contributed by atoms with van der Waals surface area (Å²) in [5, 5.41) is 12.1. The Hall–Kier alpha value is -3.97. The Bertz CT molecular complexity index is 1240. The van der Waals surface area contributed by atoms with Crippen molar-refractivity contribution in [3.63, 3.8) is 0 Å². The summed E-state index contributed by atoms with van der Waals surface area (Å²) >= 11 is 5.91. The number of carbonyl (C=O) groups excluding carboxylic acids is 3. The van der Waals surface area contributed by atoms with Crippen molar-refractivity contribution in [3.05, 3.63) is 99.6 Å². The van der Waals surface area contributed by atoms with Gasteiger partial charge in [0, 0.05) is 10.6 Å². The topological polar surface area (TPSA) is 104 Å². The lowest BCUT2D eigenvalue weighted by Gasteiger charge is -2.13. The van der Waals surface area contributed by atoms with Crippen molar-refractivity contribution in [1.82, 2.24) is 4.90 Å². The Labute approximate surface area is 181 Å². The molecular weight excluding hydrogens is 420 g/mol. The highest BCUT2D eigenvalue weighted by Gasteiger charge is 2.36. The largest absolute Gasteiger partial charge is 0.478 e. The number of carboxylic acid groups (broad SMARTS) is 1. The van der Waals surface area contributed by atoms with Crippen molar-refractivity contribution >= 4 is 41.0 Å². The van der Waals surface area contributed by atoms with Crippen LogP contribution in [0.2, 0.25) is 5.02 Å². The second-order valence-corrected chi connectivity index (χ2v) is 7.33. The number of anilines is 1. The first-order valence-electron chi connectivity index (χ1n) is 9.23. The van der Waals surface area contributed by atoms with Gasteiger partial charge in [0.15, 0.2) is 0 Å². The molecule has 0 aromatic heterocycles. The van der Waals surface area contributed by atoms with E-state index in [1.807, 2.05) is 30.3 Å². The van der Waals surface area contributed by atoms with Crippen LogP contribution in [0.1, 0.15) is 47.0 Å². The molecule has 0 bridgehead atoms. The maximum Gasteiger partial charge on any atom is 0.337 e. The van der Waals surface area contributed by atoms with Crippen molar-refractivity contribution in [1.29, 1.82) is 0 Å². The van der Waals surface area contributed by atoms with E-state index in [1.165, 1.54) is 36.4 Å². The van der Waals surface area contributed by atoms with Gasteiger partial charge in [0.05, 0.1) is 28.9 Å². The van der Waals surface area contributed by atoms with E-state index in [2.05, 4.69) is 5.32 Å². The van der Waals surface area contributed by atoms with Gasteiger partial charge >= 0.3 is 5.97 Å². The molecule has 3 aromatic rings. The van der Waals surface area contributed by atoms with Gasteiger partial charge in [-0.25, -0.2) is 4.79 Å². The van der Waals surface area contributed by atoms with E-state index in [0.29, 0.717) is 0 Å². The molecule has 8 heteroatoms. The number of fused-ring (bicyclic) bond motifs is 1. The van der Waals surface area contributed by atoms with Gasteiger partial charge in [-0.15, -0.1) is 0 Å². The fourth-order valence-electron chi connectivity index (χ4n) is 3.34. The lowest BCUT2D eigenvalue weighted by Crippen LogP contribution is -2.29. The molecule has 0 atom stereocenters. The summed E-state index contributed by atoms with van der Waals surface area (Å²) in [6.07, 6.45) is 0. The summed E-state index contributed by atoms with van der Waals surface area (Å²) in [5.74, 6) is -2.78. The average Bonchev–Trinajstić information content (AvgIpc) is 2.98. The van der Waals surface area contributed by atoms with E-state index in [9.17, 15) is 24.3 Å². The molecular formula is C23H15ClN2O5. The normalized spacial score (nSPS) is 12.6. The quantitative estimate of drug-likeness (QED) is 0.589. The highest BCUT2D eigenvalue weighted by atomic mass is 35.5. The van der Waals surface area contributed by atoms with Gasteiger partial charge in [-0.2, -0.15) is 0 Å². The van der Waals surface area contributed by atoms with Gasteiger partial charge in [-0.05, 0) is 42.0 Å². The van der Waals surface area contributed by atoms with Crippen LogP contribution in [0.15, 0.2) is 66.7 Å². The highest BCUT2D eigenvalue weighted by molar-refractivity contribution is 6.31. The van der Waals surface area contributed by atoms with Crippen molar-refractivity contribution in [2.45, 2.75) is 6.54 Å². The summed E-state index contributed by atoms with van der Waals surface area (Å²) in [6, 6.07) is 17.3. The van der Waals surface area contributed by atoms with Crippen LogP contribution in [0.5, 0.6) is 0 Å². The van der Waals surface area contributed by atoms with Crippen LogP contribution < -0.4 is 5.32 Å². The molecule has 0 unspecified atom stereocenters. The minimum atomic E-state index is -1.22. The SMILES string of the molecule is O=C(Nc1cc(Cl)ccc1C(=O)O)c1ccc2c(c1)C(=O)N(Cc1ccccc1)C2=O. The third-order valence-electron chi connectivity index (χ3n) is 4.88. The predicted octanol–water partition coefficient (Wildman–Crippen LogP) is 4.09. The van der Waals surface area contributed by atoms with Crippen LogP contribution in [0.25, 0.3) is 0 Å². The van der Waals surface area contributed by atoms with Gasteiger partial charge < -0.3 is 10.4 Å². The Morgan fingerprint density at radius 3 is 2.32 bits per heavy atom. The van der Waals surface area contributed by atoms with E-state index >= 15 is 0 Å². The minimum Gasteiger partial charge on any atom is -0.478 e. The number of halogens is 1. The molecule has 0 spiro atoms. The third-order valence-corrected chi connectivity index (χ3v) is 5.11. The smallest absolute Gasteiger partial charge is 0.337 e. The standard InChI is InChI=1S/C23H15ClN2O5/c24-15-7-9-17(23(30)31)19(11-15)25-20(27)14-6-8-16-18(10-14)22(29)26(21(16)28)12-13-4-2-1-3-5-13/h1-11H,12H2,(H,25,27)(H,30,31). The molecule has 3 amide bonds. The number of nitrogens with one attached hydrogen (secondary N) is 1. The third kappa shape index (κ3) is 3.91. The number of nitrogens with zero attached hydrogens (tertiary/aromatic N) is 1. The Balaban J connectivity index is 1.60. The molecule has 0 aliphatic carbocycles. The second-order valence-electron chi connectivity index (χ2n) is 6.89. The summed E-state index contributed by atoms with van der Waals surface area (Å²) in [7, 11) is 0. The van der Waals surface area contributed by atoms with Crippen LogP contribution in [-0.4, -0.2) is 33.7 Å². The Morgan fingerprint density at radius 2 is 1.61 bits per heavy atom. The maximum atomic E-state index is 12.8. The molecule has 2 N–H and O–H groups in total. The number of imide groups is 1. The monoisotopic (exact) mass is 434 g/mol. The summed E-state index contributed by atoms with van der Waals surface area (Å²) in [6.45, 7) is 0.124. The maximum absolute atomic E-state index is 12.8. The van der Waals surface area contributed by atoms with Gasteiger partial charge in [0.1, 0.15) is 0 Å². The number of benzene rings is 3. The Morgan fingerprint density at radius 1 is 0.903 bits per heavy atom. The number of carboxylic acids is 1. The van der Waals surface area contributed by atoms with E-state index < -0.39 is 23.7 Å². The van der Waals surface area contributed by atoms with Crippen LogP contribution in [0, 0.1) is 0 Å². The molecule has 4 rings (SSSR count). The summed E-state index contributed by atoms with van der Waals surface area (Å²) in [4.78, 5) is 50.7. The first-order chi connectivity index (χ1) is 14.8. The fourth-order valence-corrected chi connectivity index (χ4v) is 3.51. The number of amides is 3. The lowest BCUT2D eigenvalue weighted by atomic mass is 10.0. The van der Waals surface area contributed by atoms with Crippen LogP contribution in [-0.2, 0) is 6.54 Å². The molecule has 0 fully saturated rings. The number of carbonyl (C=O) groups is 4. The first-order valence-corrected chi connectivity index (χ1v) is 9.61. The minimum absolute atomic E-state index is 0.0265. The molecule has 31 heavy (non-hydrogen) atoms. The zero-order valence-corrected chi connectivity index (χ0v) is 16.7. The lowest BCUT2D eigenvalue weighted by molar-refractivity contribution is 0.0639. The van der Waals surface area contributed by atoms with Crippen molar-refractivity contribution in [3.8, 4) is 0 Å². The van der Waals surface area contributed by atoms with E-state index in [0.717, 1.165) is 10.5 Å². The van der Waals surface area contributed by atoms with E-state index in [-0.39, 0.29) is 39.5 Å². The van der Waals surface area contributed by atoms with Crippen LogP contribution >= 0.6 is 11.6 Å². The molecule has 1 aliphatic heterocycles. The van der Waals surface area contributed by atoms with Gasteiger partial charge in [0.25, 0.3) is 17.7 Å². The van der Waals surface area contributed by atoms with Crippen molar-refractivity contribution in [2.75, 3.05) is 5.32 Å². The Kier molecular flexibility index (Phi) is 5.27. The molecule has 154 valence electrons. The fraction of sp³-hybridized carbons (Fsp3) is 0.0435. The average molecular weight is 435 g/mol. The van der Waals surface area contributed by atoms with E-state index in [4.69, 9.17) is 11.6 Å². The van der Waals surface area contributed by atoms with Gasteiger partial charge in [0.2, 0.25) is 0 Å². The van der Waals surface area contributed by atoms with E-state index in [1.54, 1.807) is 0 Å². The molecule has 1 heterocycles. The first kappa shape index (κ1) is 20.3.